The predicted octanol–water partition coefficient (Wildman–Crippen LogP) is 1.30. The molecule has 0 aromatic carbocycles. The largest absolute Gasteiger partial charge is 0.409 e. The summed E-state index contributed by atoms with van der Waals surface area (Å²) in [4.78, 5) is 0. The van der Waals surface area contributed by atoms with E-state index in [1.165, 1.54) is 0 Å². The number of rotatable bonds is 4. The molecule has 3 N–H and O–H groups in total. The van der Waals surface area contributed by atoms with E-state index in [2.05, 4.69) is 21.1 Å². The zero-order valence-corrected chi connectivity index (χ0v) is 6.76. The Balaban J connectivity index is 3.07. The summed E-state index contributed by atoms with van der Waals surface area (Å²) in [7, 11) is 0. The highest BCUT2D eigenvalue weighted by molar-refractivity contribution is 9.09. The van der Waals surface area contributed by atoms with E-state index in [9.17, 15) is 0 Å². The van der Waals surface area contributed by atoms with Gasteiger partial charge in [-0.2, -0.15) is 0 Å². The van der Waals surface area contributed by atoms with Gasteiger partial charge in [0.25, 0.3) is 0 Å². The maximum atomic E-state index is 8.09. The minimum atomic E-state index is 0.316. The Bertz CT molecular complexity index is 95.0. The summed E-state index contributed by atoms with van der Waals surface area (Å²) >= 11 is 3.28. The molecule has 9 heavy (non-hydrogen) atoms. The average molecular weight is 195 g/mol. The van der Waals surface area contributed by atoms with E-state index >= 15 is 0 Å². The lowest BCUT2D eigenvalue weighted by molar-refractivity contribution is 0.316. The molecule has 0 aliphatic rings. The molecule has 0 aromatic heterocycles. The fraction of sp³-hybridized carbons (Fsp3) is 0.800. The van der Waals surface area contributed by atoms with Gasteiger partial charge in [0.15, 0.2) is 0 Å². The van der Waals surface area contributed by atoms with Gasteiger partial charge in [0, 0.05) is 11.8 Å². The number of unbranched alkanes of at least 4 members (excludes halogenated alkanes) is 1. The molecule has 0 saturated heterocycles. The summed E-state index contributed by atoms with van der Waals surface area (Å²) in [6.45, 7) is 0. The van der Waals surface area contributed by atoms with Gasteiger partial charge in [0.05, 0.1) is 0 Å². The van der Waals surface area contributed by atoms with Gasteiger partial charge in [0.1, 0.15) is 5.84 Å². The third-order valence-electron chi connectivity index (χ3n) is 0.945. The fourth-order valence-electron chi connectivity index (χ4n) is 0.451. The minimum absolute atomic E-state index is 0.316. The van der Waals surface area contributed by atoms with Crippen LogP contribution in [0.3, 0.4) is 0 Å². The molecule has 54 valence electrons. The standard InChI is InChI=1S/C5H11BrN2O/c6-4-2-1-3-5(7)8-9/h9H,1-4H2,(H2,7,8). The average Bonchev–Trinajstić information content (AvgIpc) is 1.89. The van der Waals surface area contributed by atoms with Gasteiger partial charge >= 0.3 is 0 Å². The molecule has 0 radical (unpaired) electrons. The van der Waals surface area contributed by atoms with E-state index in [1.54, 1.807) is 0 Å². The van der Waals surface area contributed by atoms with Crippen LogP contribution in [0.2, 0.25) is 0 Å². The molecule has 0 spiro atoms. The van der Waals surface area contributed by atoms with Crippen molar-refractivity contribution >= 4 is 21.8 Å². The summed E-state index contributed by atoms with van der Waals surface area (Å²) in [5, 5.41) is 11.9. The normalized spacial score (nSPS) is 11.9. The Morgan fingerprint density at radius 3 is 2.67 bits per heavy atom. The quantitative estimate of drug-likeness (QED) is 0.177. The number of oxime groups is 1. The second-order valence-electron chi connectivity index (χ2n) is 1.74. The van der Waals surface area contributed by atoms with Crippen LogP contribution >= 0.6 is 15.9 Å². The van der Waals surface area contributed by atoms with Crippen molar-refractivity contribution in [2.45, 2.75) is 19.3 Å². The van der Waals surface area contributed by atoms with Crippen LogP contribution in [-0.2, 0) is 0 Å². The van der Waals surface area contributed by atoms with E-state index in [1.807, 2.05) is 0 Å². The molecule has 0 unspecified atom stereocenters. The van der Waals surface area contributed by atoms with Crippen LogP contribution in [0.15, 0.2) is 5.16 Å². The van der Waals surface area contributed by atoms with Gasteiger partial charge in [-0.3, -0.25) is 0 Å². The Labute approximate surface area is 63.1 Å². The monoisotopic (exact) mass is 194 g/mol. The van der Waals surface area contributed by atoms with Crippen molar-refractivity contribution in [3.8, 4) is 0 Å². The zero-order chi connectivity index (χ0) is 7.11. The lowest BCUT2D eigenvalue weighted by Crippen LogP contribution is -2.10. The Kier molecular flexibility index (Phi) is 5.72. The molecule has 0 saturated carbocycles. The van der Waals surface area contributed by atoms with E-state index in [0.29, 0.717) is 12.3 Å². The summed E-state index contributed by atoms with van der Waals surface area (Å²) in [6.07, 6.45) is 2.72. The summed E-state index contributed by atoms with van der Waals surface area (Å²) in [5.74, 6) is 0.316. The van der Waals surface area contributed by atoms with Crippen molar-refractivity contribution in [2.75, 3.05) is 5.33 Å². The summed E-state index contributed by atoms with van der Waals surface area (Å²) < 4.78 is 0. The van der Waals surface area contributed by atoms with E-state index in [4.69, 9.17) is 10.9 Å². The van der Waals surface area contributed by atoms with Gasteiger partial charge in [-0.25, -0.2) is 0 Å². The molecule has 0 rings (SSSR count). The molecule has 0 amide bonds. The molecule has 0 aliphatic heterocycles. The molecule has 0 atom stereocenters. The van der Waals surface area contributed by atoms with Gasteiger partial charge in [-0.05, 0) is 12.8 Å². The van der Waals surface area contributed by atoms with Gasteiger partial charge in [-0.1, -0.05) is 21.1 Å². The first-order chi connectivity index (χ1) is 4.31. The number of halogens is 1. The third-order valence-corrected chi connectivity index (χ3v) is 1.51. The summed E-state index contributed by atoms with van der Waals surface area (Å²) in [6, 6.07) is 0. The van der Waals surface area contributed by atoms with Crippen molar-refractivity contribution in [1.29, 1.82) is 0 Å². The van der Waals surface area contributed by atoms with E-state index in [-0.39, 0.29) is 0 Å². The van der Waals surface area contributed by atoms with Crippen LogP contribution in [0, 0.1) is 0 Å². The van der Waals surface area contributed by atoms with Crippen LogP contribution in [0.1, 0.15) is 19.3 Å². The number of nitrogens with zero attached hydrogens (tertiary/aromatic N) is 1. The van der Waals surface area contributed by atoms with Crippen molar-refractivity contribution in [1.82, 2.24) is 0 Å². The van der Waals surface area contributed by atoms with Crippen LogP contribution in [0.5, 0.6) is 0 Å². The maximum absolute atomic E-state index is 8.09. The first-order valence-corrected chi connectivity index (χ1v) is 3.95. The number of hydrogen-bond donors (Lipinski definition) is 2. The Morgan fingerprint density at radius 1 is 1.56 bits per heavy atom. The van der Waals surface area contributed by atoms with Gasteiger partial charge in [0.2, 0.25) is 0 Å². The molecule has 0 aromatic rings. The number of amidine groups is 1. The van der Waals surface area contributed by atoms with Crippen LogP contribution in [0.25, 0.3) is 0 Å². The molecule has 0 aliphatic carbocycles. The number of nitrogens with two attached hydrogens (primary N) is 1. The van der Waals surface area contributed by atoms with Crippen molar-refractivity contribution in [3.63, 3.8) is 0 Å². The SMILES string of the molecule is N/C(CCCCBr)=N/O. The maximum Gasteiger partial charge on any atom is 0.139 e. The number of hydrogen-bond acceptors (Lipinski definition) is 2. The lowest BCUT2D eigenvalue weighted by atomic mass is 10.2. The van der Waals surface area contributed by atoms with Crippen molar-refractivity contribution < 1.29 is 5.21 Å². The highest BCUT2D eigenvalue weighted by Crippen LogP contribution is 1.97. The van der Waals surface area contributed by atoms with E-state index in [0.717, 1.165) is 18.2 Å². The molecule has 3 nitrogen and oxygen atoms in total. The second kappa shape index (κ2) is 5.88. The molecule has 0 bridgehead atoms. The molecular formula is C5H11BrN2O. The van der Waals surface area contributed by atoms with Crippen LogP contribution in [-0.4, -0.2) is 16.4 Å². The lowest BCUT2D eigenvalue weighted by Gasteiger charge is -1.94. The highest BCUT2D eigenvalue weighted by atomic mass is 79.9. The summed E-state index contributed by atoms with van der Waals surface area (Å²) in [5.41, 5.74) is 5.20. The van der Waals surface area contributed by atoms with Crippen LogP contribution < -0.4 is 5.73 Å². The zero-order valence-electron chi connectivity index (χ0n) is 5.18. The fourth-order valence-corrected chi connectivity index (χ4v) is 0.847. The van der Waals surface area contributed by atoms with Gasteiger partial charge < -0.3 is 10.9 Å². The minimum Gasteiger partial charge on any atom is -0.409 e. The highest BCUT2D eigenvalue weighted by Gasteiger charge is 1.90. The molecule has 0 fully saturated rings. The van der Waals surface area contributed by atoms with Crippen molar-refractivity contribution in [3.05, 3.63) is 0 Å². The Morgan fingerprint density at radius 2 is 2.22 bits per heavy atom. The predicted molar refractivity (Wildman–Crippen MR) is 41.1 cm³/mol. The first-order valence-electron chi connectivity index (χ1n) is 2.83. The molecule has 0 heterocycles. The molecular weight excluding hydrogens is 184 g/mol. The van der Waals surface area contributed by atoms with Crippen LogP contribution in [0.4, 0.5) is 0 Å². The number of alkyl halides is 1. The van der Waals surface area contributed by atoms with Crippen molar-refractivity contribution in [2.24, 2.45) is 10.9 Å². The third kappa shape index (κ3) is 5.62. The molecule has 4 heteroatoms. The van der Waals surface area contributed by atoms with E-state index < -0.39 is 0 Å². The topological polar surface area (TPSA) is 58.6 Å². The Hall–Kier alpha value is -0.250. The van der Waals surface area contributed by atoms with Gasteiger partial charge in [-0.15, -0.1) is 0 Å². The first kappa shape index (κ1) is 8.75. The smallest absolute Gasteiger partial charge is 0.139 e. The second-order valence-corrected chi connectivity index (χ2v) is 2.53.